The molecule has 1 rings (SSSR count). The summed E-state index contributed by atoms with van der Waals surface area (Å²) in [6.07, 6.45) is 3.53. The minimum absolute atomic E-state index is 0. The van der Waals surface area contributed by atoms with E-state index in [1.54, 1.807) is 17.5 Å². The second-order valence-electron chi connectivity index (χ2n) is 4.51. The summed E-state index contributed by atoms with van der Waals surface area (Å²) in [7, 11) is 0. The molecule has 0 aromatic carbocycles. The van der Waals surface area contributed by atoms with Crippen LogP contribution in [0.15, 0.2) is 11.6 Å². The number of nitrogens with zero attached hydrogens (tertiary/aromatic N) is 2. The van der Waals surface area contributed by atoms with Gasteiger partial charge >= 0.3 is 0 Å². The van der Waals surface area contributed by atoms with Crippen molar-refractivity contribution in [1.29, 1.82) is 0 Å². The summed E-state index contributed by atoms with van der Waals surface area (Å²) in [6.45, 7) is 7.48. The molecule has 0 spiro atoms. The van der Waals surface area contributed by atoms with Gasteiger partial charge in [0.1, 0.15) is 0 Å². The van der Waals surface area contributed by atoms with E-state index in [0.29, 0.717) is 13.1 Å². The number of amides is 1. The van der Waals surface area contributed by atoms with Crippen LogP contribution in [0.2, 0.25) is 0 Å². The maximum absolute atomic E-state index is 12.2. The van der Waals surface area contributed by atoms with Gasteiger partial charge in [0.25, 0.3) is 0 Å². The van der Waals surface area contributed by atoms with Crippen LogP contribution in [0.1, 0.15) is 32.2 Å². The van der Waals surface area contributed by atoms with Crippen molar-refractivity contribution >= 4 is 29.7 Å². The SMILES string of the molecule is CCC(C)C(N)C(=O)N(CC)CCc1nccs1.Cl. The standard InChI is InChI=1S/C13H23N3OS.ClH/c1-4-10(3)12(14)13(17)16(5-2)8-6-11-15-7-9-18-11;/h7,9-10,12H,4-6,8,14H2,1-3H3;1H. The number of carbonyl (C=O) groups excluding carboxylic acids is 1. The molecular weight excluding hydrogens is 282 g/mol. The maximum atomic E-state index is 12.2. The van der Waals surface area contributed by atoms with Crippen LogP contribution in [0.4, 0.5) is 0 Å². The predicted molar refractivity (Wildman–Crippen MR) is 82.8 cm³/mol. The quantitative estimate of drug-likeness (QED) is 0.841. The first-order valence-electron chi connectivity index (χ1n) is 6.52. The Balaban J connectivity index is 0.00000324. The molecule has 4 nitrogen and oxygen atoms in total. The summed E-state index contributed by atoms with van der Waals surface area (Å²) in [5, 5.41) is 3.02. The van der Waals surface area contributed by atoms with Crippen molar-refractivity contribution in [3.63, 3.8) is 0 Å². The molecule has 19 heavy (non-hydrogen) atoms. The van der Waals surface area contributed by atoms with Gasteiger partial charge in [0.05, 0.1) is 11.0 Å². The van der Waals surface area contributed by atoms with Gasteiger partial charge in [-0.25, -0.2) is 4.98 Å². The zero-order chi connectivity index (χ0) is 13.5. The number of likely N-dealkylation sites (N-methyl/N-ethyl adjacent to an activating group) is 1. The van der Waals surface area contributed by atoms with E-state index in [9.17, 15) is 4.79 Å². The molecule has 110 valence electrons. The number of nitrogens with two attached hydrogens (primary N) is 1. The lowest BCUT2D eigenvalue weighted by molar-refractivity contribution is -0.133. The largest absolute Gasteiger partial charge is 0.341 e. The summed E-state index contributed by atoms with van der Waals surface area (Å²) in [5.41, 5.74) is 5.99. The maximum Gasteiger partial charge on any atom is 0.239 e. The van der Waals surface area contributed by atoms with Crippen molar-refractivity contribution in [3.05, 3.63) is 16.6 Å². The van der Waals surface area contributed by atoms with Crippen LogP contribution >= 0.6 is 23.7 Å². The molecule has 2 unspecified atom stereocenters. The second kappa shape index (κ2) is 9.28. The van der Waals surface area contributed by atoms with Crippen LogP contribution in [0.25, 0.3) is 0 Å². The third-order valence-corrected chi connectivity index (χ3v) is 4.15. The van der Waals surface area contributed by atoms with Crippen LogP contribution in [0.3, 0.4) is 0 Å². The Morgan fingerprint density at radius 3 is 2.68 bits per heavy atom. The Kier molecular flexibility index (Phi) is 8.97. The molecule has 0 fully saturated rings. The molecular formula is C13H24ClN3OS. The van der Waals surface area contributed by atoms with Crippen LogP contribution in [-0.2, 0) is 11.2 Å². The van der Waals surface area contributed by atoms with Crippen LogP contribution in [0, 0.1) is 5.92 Å². The molecule has 2 atom stereocenters. The van der Waals surface area contributed by atoms with Gasteiger partial charge in [0, 0.05) is 31.1 Å². The number of thiazole rings is 1. The highest BCUT2D eigenvalue weighted by Gasteiger charge is 2.23. The van der Waals surface area contributed by atoms with Gasteiger partial charge in [-0.1, -0.05) is 20.3 Å². The van der Waals surface area contributed by atoms with Crippen molar-refractivity contribution in [2.24, 2.45) is 11.7 Å². The molecule has 1 aromatic rings. The number of halogens is 1. The molecule has 0 saturated carbocycles. The number of carbonyl (C=O) groups is 1. The Morgan fingerprint density at radius 1 is 1.53 bits per heavy atom. The smallest absolute Gasteiger partial charge is 0.239 e. The first kappa shape index (κ1) is 18.4. The van der Waals surface area contributed by atoms with Gasteiger partial charge in [-0.15, -0.1) is 23.7 Å². The molecule has 1 heterocycles. The highest BCUT2D eigenvalue weighted by Crippen LogP contribution is 2.10. The molecule has 2 N–H and O–H groups in total. The van der Waals surface area contributed by atoms with Crippen LogP contribution < -0.4 is 5.73 Å². The molecule has 0 aliphatic heterocycles. The summed E-state index contributed by atoms with van der Waals surface area (Å²) in [5.74, 6) is 0.287. The fourth-order valence-corrected chi connectivity index (χ4v) is 2.35. The first-order chi connectivity index (χ1) is 8.60. The molecule has 0 bridgehead atoms. The molecule has 1 aromatic heterocycles. The lowest BCUT2D eigenvalue weighted by atomic mass is 9.99. The van der Waals surface area contributed by atoms with Crippen molar-refractivity contribution in [2.75, 3.05) is 13.1 Å². The molecule has 0 aliphatic rings. The van der Waals surface area contributed by atoms with E-state index < -0.39 is 0 Å². The number of hydrogen-bond acceptors (Lipinski definition) is 4. The Labute approximate surface area is 125 Å². The highest BCUT2D eigenvalue weighted by atomic mass is 35.5. The van der Waals surface area contributed by atoms with Gasteiger partial charge in [-0.05, 0) is 12.8 Å². The van der Waals surface area contributed by atoms with E-state index in [4.69, 9.17) is 5.73 Å². The first-order valence-corrected chi connectivity index (χ1v) is 7.40. The van der Waals surface area contributed by atoms with Gasteiger partial charge in [-0.3, -0.25) is 4.79 Å². The zero-order valence-electron chi connectivity index (χ0n) is 11.8. The van der Waals surface area contributed by atoms with E-state index in [1.807, 2.05) is 24.1 Å². The fraction of sp³-hybridized carbons (Fsp3) is 0.692. The fourth-order valence-electron chi connectivity index (χ4n) is 1.74. The minimum Gasteiger partial charge on any atom is -0.341 e. The Bertz CT molecular complexity index is 359. The molecule has 0 aliphatic carbocycles. The molecule has 0 saturated heterocycles. The third-order valence-electron chi connectivity index (χ3n) is 3.31. The summed E-state index contributed by atoms with van der Waals surface area (Å²) in [6, 6.07) is -0.383. The van der Waals surface area contributed by atoms with E-state index >= 15 is 0 Å². The monoisotopic (exact) mass is 305 g/mol. The summed E-state index contributed by atoms with van der Waals surface area (Å²) < 4.78 is 0. The van der Waals surface area contributed by atoms with E-state index in [-0.39, 0.29) is 30.3 Å². The Hall–Kier alpha value is -0.650. The predicted octanol–water partition coefficient (Wildman–Crippen LogP) is 2.33. The van der Waals surface area contributed by atoms with Crippen LogP contribution in [-0.4, -0.2) is 34.9 Å². The average Bonchev–Trinajstić information content (AvgIpc) is 2.90. The van der Waals surface area contributed by atoms with Gasteiger partial charge in [0.2, 0.25) is 5.91 Å². The average molecular weight is 306 g/mol. The summed E-state index contributed by atoms with van der Waals surface area (Å²) >= 11 is 1.63. The number of hydrogen-bond donors (Lipinski definition) is 1. The third kappa shape index (κ3) is 5.47. The van der Waals surface area contributed by atoms with E-state index in [0.717, 1.165) is 17.8 Å². The Morgan fingerprint density at radius 2 is 2.21 bits per heavy atom. The second-order valence-corrected chi connectivity index (χ2v) is 5.48. The number of aromatic nitrogens is 1. The van der Waals surface area contributed by atoms with Crippen molar-refractivity contribution < 1.29 is 4.79 Å². The van der Waals surface area contributed by atoms with E-state index in [2.05, 4.69) is 11.9 Å². The highest BCUT2D eigenvalue weighted by molar-refractivity contribution is 7.09. The minimum atomic E-state index is -0.383. The summed E-state index contributed by atoms with van der Waals surface area (Å²) in [4.78, 5) is 18.3. The lowest BCUT2D eigenvalue weighted by Crippen LogP contribution is -2.47. The molecule has 6 heteroatoms. The van der Waals surface area contributed by atoms with E-state index in [1.165, 1.54) is 0 Å². The van der Waals surface area contributed by atoms with Crippen molar-refractivity contribution in [1.82, 2.24) is 9.88 Å². The topological polar surface area (TPSA) is 59.2 Å². The normalized spacial score (nSPS) is 13.5. The van der Waals surface area contributed by atoms with Crippen molar-refractivity contribution in [3.8, 4) is 0 Å². The zero-order valence-corrected chi connectivity index (χ0v) is 13.5. The molecule has 1 amide bonds. The van der Waals surface area contributed by atoms with Gasteiger partial charge in [0.15, 0.2) is 0 Å². The number of rotatable bonds is 7. The van der Waals surface area contributed by atoms with Gasteiger partial charge < -0.3 is 10.6 Å². The lowest BCUT2D eigenvalue weighted by Gasteiger charge is -2.26. The van der Waals surface area contributed by atoms with Crippen molar-refractivity contribution in [2.45, 2.75) is 39.7 Å². The van der Waals surface area contributed by atoms with Gasteiger partial charge in [-0.2, -0.15) is 0 Å². The molecule has 0 radical (unpaired) electrons. The van der Waals surface area contributed by atoms with Crippen LogP contribution in [0.5, 0.6) is 0 Å².